The Labute approximate surface area is 546 Å². The molecule has 0 bridgehead atoms. The van der Waals surface area contributed by atoms with Gasteiger partial charge in [0.05, 0.1) is 52.5 Å². The summed E-state index contributed by atoms with van der Waals surface area (Å²) in [5.41, 5.74) is 19.3. The van der Waals surface area contributed by atoms with Gasteiger partial charge in [0, 0.05) is 7.11 Å². The minimum atomic E-state index is -6.68. The second-order valence-electron chi connectivity index (χ2n) is 21.5. The molecule has 21 unspecified atom stereocenters. The number of nitrogens with two attached hydrogens (primary N) is 4. The van der Waals surface area contributed by atoms with Crippen molar-refractivity contribution in [3.63, 3.8) is 0 Å². The summed E-state index contributed by atoms with van der Waals surface area (Å²) in [6, 6.07) is 0. The van der Waals surface area contributed by atoms with Gasteiger partial charge in [0.25, 0.3) is 53.9 Å². The zero-order valence-electron chi connectivity index (χ0n) is 49.2. The smallest absolute Gasteiger partial charge is 0.313 e. The van der Waals surface area contributed by atoms with Crippen molar-refractivity contribution >= 4 is 118 Å². The molecule has 4 aliphatic heterocycles. The van der Waals surface area contributed by atoms with Crippen molar-refractivity contribution in [3.05, 3.63) is 62.7 Å². The van der Waals surface area contributed by atoms with Crippen LogP contribution >= 0.6 is 38.0 Å². The third kappa shape index (κ3) is 14.1. The number of aromatic nitrogens is 16. The van der Waals surface area contributed by atoms with E-state index in [0.717, 1.165) is 50.7 Å². The molecule has 8 aromatic heterocycles. The molecule has 12 heterocycles. The number of fused-ring (bicyclic) bond motifs is 4. The number of hydrogen-bond donors (Lipinski definition) is 12. The quantitative estimate of drug-likeness (QED) is 0.0187. The predicted molar refractivity (Wildman–Crippen MR) is 308 cm³/mol. The van der Waals surface area contributed by atoms with Crippen molar-refractivity contribution in [2.75, 3.05) is 56.5 Å². The van der Waals surface area contributed by atoms with E-state index < -0.39 is 185 Å². The van der Waals surface area contributed by atoms with Crippen molar-refractivity contribution in [1.29, 1.82) is 0 Å². The number of aliphatic hydroxyl groups excluding tert-OH is 5. The first-order chi connectivity index (χ1) is 46.0. The number of anilines is 4. The van der Waals surface area contributed by atoms with Crippen LogP contribution in [0, 0.1) is 0 Å². The first kappa shape index (κ1) is 71.3. The summed E-state index contributed by atoms with van der Waals surface area (Å²) in [6.45, 7) is -10.3. The Hall–Kier alpha value is -6.55. The number of imidazole rings is 4. The molecule has 98 heavy (non-hydrogen) atoms. The lowest BCUT2D eigenvalue weighted by molar-refractivity contribution is -0.745. The number of ether oxygens (including phenoxy) is 5. The maximum atomic E-state index is 14.5. The Morgan fingerprint density at radius 2 is 1.03 bits per heavy atom. The van der Waals surface area contributed by atoms with Crippen LogP contribution in [0.2, 0.25) is 0 Å². The molecule has 4 aliphatic rings. The average Bonchev–Trinajstić information content (AvgIpc) is 1.62. The summed E-state index contributed by atoms with van der Waals surface area (Å²) >= 11 is 5.26. The fourth-order valence-corrected chi connectivity index (χ4v) is 16.7. The third-order valence-corrected chi connectivity index (χ3v) is 21.8. The zero-order chi connectivity index (χ0) is 70.6. The minimum Gasteiger partial charge on any atom is -0.780 e. The highest BCUT2D eigenvalue weighted by molar-refractivity contribution is 8.06. The number of nitrogen functional groups attached to an aromatic ring is 4. The number of aromatic amines is 3. The molecular weight excluding hydrogens is 1450 g/mol. The number of hydrogen-bond acceptors (Lipinski definition) is 43. The third-order valence-electron chi connectivity index (χ3n) is 15.2. The van der Waals surface area contributed by atoms with E-state index in [9.17, 15) is 82.6 Å². The normalized spacial score (nSPS) is 30.7. The molecule has 4 saturated heterocycles. The molecule has 21 atom stereocenters. The lowest BCUT2D eigenvalue weighted by atomic mass is 10.1. The number of rotatable bonds is 25. The Morgan fingerprint density at radius 3 is 1.63 bits per heavy atom. The van der Waals surface area contributed by atoms with Crippen molar-refractivity contribution in [2.45, 2.75) is 98.2 Å². The molecule has 534 valence electrons. The van der Waals surface area contributed by atoms with E-state index in [1.54, 1.807) is 0 Å². The average molecular weight is 1500 g/mol. The molecule has 56 heteroatoms. The molecule has 0 spiro atoms. The summed E-state index contributed by atoms with van der Waals surface area (Å²) < 4.78 is 126. The van der Waals surface area contributed by atoms with Crippen LogP contribution in [0.25, 0.3) is 44.7 Å². The summed E-state index contributed by atoms with van der Waals surface area (Å²) in [5, 5.41) is 55.3. The Bertz CT molecular complexity index is 4830. The summed E-state index contributed by atoms with van der Waals surface area (Å²) in [5.74, 6) is -1.33. The Kier molecular flexibility index (Phi) is 19.5. The van der Waals surface area contributed by atoms with Crippen LogP contribution in [0.1, 0.15) is 24.9 Å². The molecule has 0 aromatic carbocycles. The zero-order valence-corrected chi connectivity index (χ0v) is 54.5. The van der Waals surface area contributed by atoms with E-state index in [1.807, 2.05) is 0 Å². The van der Waals surface area contributed by atoms with Crippen LogP contribution in [0.5, 0.6) is 0 Å². The molecule has 4 fully saturated rings. The molecule has 8 aromatic rings. The van der Waals surface area contributed by atoms with Crippen molar-refractivity contribution < 1.29 is 132 Å². The largest absolute Gasteiger partial charge is 0.780 e. The highest BCUT2D eigenvalue weighted by Gasteiger charge is 2.53. The molecule has 0 aliphatic carbocycles. The lowest BCUT2D eigenvalue weighted by Crippen LogP contribution is -2.46. The second kappa shape index (κ2) is 26.8. The first-order valence-electron chi connectivity index (χ1n) is 27.6. The van der Waals surface area contributed by atoms with Gasteiger partial charge in [-0.25, -0.2) is 38.1 Å². The van der Waals surface area contributed by atoms with E-state index in [-0.39, 0.29) is 62.4 Å². The van der Waals surface area contributed by atoms with Gasteiger partial charge in [-0.05, 0) is 0 Å². The summed E-state index contributed by atoms with van der Waals surface area (Å²) in [7, 11) is -22.8. The van der Waals surface area contributed by atoms with Gasteiger partial charge in [-0.2, -0.15) is 9.97 Å². The van der Waals surface area contributed by atoms with E-state index in [0.29, 0.717) is 0 Å². The van der Waals surface area contributed by atoms with Gasteiger partial charge in [0.1, 0.15) is 91.8 Å². The standard InChI is InChI=1S/C42H55N20O30P5S/c1-58-11-62(32-19(58)35(70)57-42(46)54-32)37-23(66)21(64)13(86-37)4-82-94(73,74)91-96(77,78)92-95(75,76)83-5-15-26(27(80-2)39(88-15)59-8-49-16-28(43)47-7-48-29(16)59)90-97(79,98)84-6-14-25(24(67)38(87-14)61-10-51-18-31(61)53-41(45)56-34(18)69)89-93(71,72)81-3-12-20(63)22(65)36(85-12)60-9-50-17-30(60)52-40(44)55-33(17)68/h7-15,20-27,36-39,63-67H,3-6H2,1-2H3,(H15-,43,44,45,46,47,48,52,53,54,55,56,57,68,69,70,71,72,73,74,75,76,77,78,79,98)/p-4. The van der Waals surface area contributed by atoms with Crippen LogP contribution in [-0.2, 0) is 96.6 Å². The lowest BCUT2D eigenvalue weighted by Gasteiger charge is -2.36. The highest BCUT2D eigenvalue weighted by Crippen LogP contribution is 2.63. The summed E-state index contributed by atoms with van der Waals surface area (Å²) in [6.07, 6.45) is -24.6. The van der Waals surface area contributed by atoms with Crippen LogP contribution in [0.4, 0.5) is 23.7 Å². The van der Waals surface area contributed by atoms with Crippen molar-refractivity contribution in [2.24, 2.45) is 7.05 Å². The Morgan fingerprint density at radius 1 is 0.551 bits per heavy atom. The second-order valence-corrected chi connectivity index (χ2v) is 30.1. The molecule has 50 nitrogen and oxygen atoms in total. The number of nitrogens with one attached hydrogen (secondary N) is 3. The van der Waals surface area contributed by atoms with E-state index in [2.05, 4.69) is 68.0 Å². The van der Waals surface area contributed by atoms with Gasteiger partial charge in [-0.3, -0.25) is 65.9 Å². The first-order valence-corrected chi connectivity index (χ1v) is 36.0. The molecule has 0 amide bonds. The monoisotopic (exact) mass is 1500 g/mol. The van der Waals surface area contributed by atoms with Gasteiger partial charge in [0.2, 0.25) is 23.6 Å². The van der Waals surface area contributed by atoms with E-state index >= 15 is 0 Å². The number of aliphatic hydroxyl groups is 5. The van der Waals surface area contributed by atoms with Gasteiger partial charge in [0.15, 0.2) is 58.8 Å². The molecule has 0 radical (unpaired) electrons. The van der Waals surface area contributed by atoms with Crippen LogP contribution in [0.15, 0.2) is 46.0 Å². The van der Waals surface area contributed by atoms with Crippen molar-refractivity contribution in [3.8, 4) is 0 Å². The van der Waals surface area contributed by atoms with Gasteiger partial charge < -0.3 is 124 Å². The fourth-order valence-electron chi connectivity index (χ4n) is 10.9. The van der Waals surface area contributed by atoms with Crippen molar-refractivity contribution in [1.82, 2.24) is 73.1 Å². The number of H-pyrrole nitrogens is 3. The maximum absolute atomic E-state index is 14.5. The molecular formula is C42H51N20O30P5S-4. The number of aryl methyl sites for hydroxylation is 1. The molecule has 16 N–H and O–H groups in total. The van der Waals surface area contributed by atoms with E-state index in [4.69, 9.17) is 81.0 Å². The fraction of sp³-hybridized carbons (Fsp3) is 0.524. The topological polar surface area (TPSA) is 734 Å². The van der Waals surface area contributed by atoms with Crippen LogP contribution in [-0.4, -0.2) is 205 Å². The van der Waals surface area contributed by atoms with Gasteiger partial charge in [-0.1, -0.05) is 16.8 Å². The van der Waals surface area contributed by atoms with Gasteiger partial charge in [-0.15, -0.1) is 0 Å². The highest BCUT2D eigenvalue weighted by atomic mass is 32.5. The predicted octanol–water partition coefficient (Wildman–Crippen LogP) is -9.28. The maximum Gasteiger partial charge on any atom is 0.313 e. The van der Waals surface area contributed by atoms with Crippen LogP contribution < -0.4 is 68.6 Å². The SMILES string of the molecule is COC1C(OP([O-])(=S)OCC2OC(n3cnc4c(=O)[nH]c(N)nc43)C(O)C2OP(=O)([O-])OCC2OC(n3cnc4c(=O)[nH]c(N)nc43)C(O)C2O)C(COP(=O)([O-])OP(=O)([O-])OP(=O)([O-])OCC2OC([n+]3cn(C)c4c(=O)[nH]c(N)nc43)C(O)C2O)OC1n1cnc2c(N)ncnc21. The molecule has 12 rings (SSSR count). The number of nitrogens with zero attached hydrogens (tertiary/aromatic N) is 13. The number of methoxy groups -OCH3 is 1. The van der Waals surface area contributed by atoms with E-state index in [1.165, 1.54) is 17.9 Å². The van der Waals surface area contributed by atoms with Gasteiger partial charge >= 0.3 is 5.65 Å². The minimum absolute atomic E-state index is 0.0311. The number of phosphoric acid groups is 4. The number of phosphoric ester groups is 3. The van der Waals surface area contributed by atoms with Crippen LogP contribution in [0.3, 0.4) is 0 Å². The Balaban J connectivity index is 0.740. The molecule has 0 saturated carbocycles. The summed E-state index contributed by atoms with van der Waals surface area (Å²) in [4.78, 5) is 144.